The first kappa shape index (κ1) is 14.5. The minimum absolute atomic E-state index is 0.244. The Morgan fingerprint density at radius 3 is 2.89 bits per heavy atom. The van der Waals surface area contributed by atoms with Crippen LogP contribution in [-0.4, -0.2) is 32.7 Å². The van der Waals surface area contributed by atoms with Crippen LogP contribution in [-0.2, 0) is 11.2 Å². The fourth-order valence-corrected chi connectivity index (χ4v) is 2.84. The van der Waals surface area contributed by atoms with Crippen molar-refractivity contribution < 1.29 is 9.84 Å². The summed E-state index contributed by atoms with van der Waals surface area (Å²) in [6, 6.07) is 2.43. The summed E-state index contributed by atoms with van der Waals surface area (Å²) in [7, 11) is 0. The molecular formula is C15H26N2O2. The van der Waals surface area contributed by atoms with Crippen molar-refractivity contribution in [2.24, 2.45) is 0 Å². The molecule has 1 aromatic heterocycles. The van der Waals surface area contributed by atoms with Gasteiger partial charge in [0.2, 0.25) is 0 Å². The molecule has 2 atom stereocenters. The average molecular weight is 266 g/mol. The maximum absolute atomic E-state index is 10.7. The minimum atomic E-state index is -0.684. The zero-order valence-electron chi connectivity index (χ0n) is 12.5. The zero-order chi connectivity index (χ0) is 14.1. The Labute approximate surface area is 115 Å². The highest BCUT2D eigenvalue weighted by atomic mass is 16.5. The van der Waals surface area contributed by atoms with Crippen LogP contribution in [0.3, 0.4) is 0 Å². The molecule has 2 unspecified atom stereocenters. The van der Waals surface area contributed by atoms with Gasteiger partial charge in [-0.1, -0.05) is 6.92 Å². The van der Waals surface area contributed by atoms with Crippen molar-refractivity contribution in [1.29, 1.82) is 0 Å². The van der Waals surface area contributed by atoms with Crippen molar-refractivity contribution in [3.05, 3.63) is 18.0 Å². The highest BCUT2D eigenvalue weighted by Gasteiger charge is 2.39. The lowest BCUT2D eigenvalue weighted by atomic mass is 9.81. The maximum atomic E-state index is 10.7. The van der Waals surface area contributed by atoms with Gasteiger partial charge in [0.05, 0.1) is 23.5 Å². The molecule has 2 heterocycles. The molecule has 2 rings (SSSR count). The fourth-order valence-electron chi connectivity index (χ4n) is 2.84. The molecule has 4 nitrogen and oxygen atoms in total. The summed E-state index contributed by atoms with van der Waals surface area (Å²) in [4.78, 5) is 0. The number of nitrogens with zero attached hydrogens (tertiary/aromatic N) is 2. The van der Waals surface area contributed by atoms with Crippen LogP contribution in [0.25, 0.3) is 0 Å². The van der Waals surface area contributed by atoms with Crippen molar-refractivity contribution in [3.8, 4) is 0 Å². The van der Waals surface area contributed by atoms with E-state index in [1.807, 2.05) is 30.8 Å². The van der Waals surface area contributed by atoms with E-state index in [1.54, 1.807) is 0 Å². The van der Waals surface area contributed by atoms with Gasteiger partial charge in [-0.05, 0) is 39.7 Å². The lowest BCUT2D eigenvalue weighted by Crippen LogP contribution is -2.47. The van der Waals surface area contributed by atoms with Crippen molar-refractivity contribution in [2.75, 3.05) is 6.61 Å². The molecule has 0 amide bonds. The third-order valence-electron chi connectivity index (χ3n) is 4.03. The molecule has 1 fully saturated rings. The zero-order valence-corrected chi connectivity index (χ0v) is 12.5. The summed E-state index contributed by atoms with van der Waals surface area (Å²) >= 11 is 0. The first-order valence-electron chi connectivity index (χ1n) is 7.24. The van der Waals surface area contributed by atoms with Crippen LogP contribution in [0.15, 0.2) is 12.3 Å². The number of aromatic nitrogens is 2. The molecule has 108 valence electrons. The van der Waals surface area contributed by atoms with Gasteiger partial charge in [0, 0.05) is 25.1 Å². The van der Waals surface area contributed by atoms with Gasteiger partial charge in [-0.15, -0.1) is 0 Å². The monoisotopic (exact) mass is 266 g/mol. The number of aliphatic hydroxyl groups is 1. The second-order valence-corrected chi connectivity index (χ2v) is 6.48. The van der Waals surface area contributed by atoms with Crippen LogP contribution >= 0.6 is 0 Å². The van der Waals surface area contributed by atoms with E-state index in [0.717, 1.165) is 12.1 Å². The van der Waals surface area contributed by atoms with Crippen molar-refractivity contribution in [1.82, 2.24) is 9.78 Å². The quantitative estimate of drug-likeness (QED) is 0.911. The van der Waals surface area contributed by atoms with Gasteiger partial charge in [0.15, 0.2) is 0 Å². The number of hydrogen-bond donors (Lipinski definition) is 1. The van der Waals surface area contributed by atoms with Crippen LogP contribution in [0.4, 0.5) is 0 Å². The van der Waals surface area contributed by atoms with E-state index >= 15 is 0 Å². The standard InChI is InChI=1S/C15H26N2O2/c1-5-12(2)17-8-6-13(16-17)10-15(18)7-9-19-14(3,4)11-15/h6,8,12,18H,5,7,9-11H2,1-4H3. The second-order valence-electron chi connectivity index (χ2n) is 6.48. The molecule has 0 aliphatic carbocycles. The maximum Gasteiger partial charge on any atom is 0.0752 e. The number of hydrogen-bond acceptors (Lipinski definition) is 3. The van der Waals surface area contributed by atoms with Gasteiger partial charge < -0.3 is 9.84 Å². The van der Waals surface area contributed by atoms with Gasteiger partial charge >= 0.3 is 0 Å². The van der Waals surface area contributed by atoms with Gasteiger partial charge in [0.25, 0.3) is 0 Å². The molecule has 0 radical (unpaired) electrons. The Morgan fingerprint density at radius 2 is 2.26 bits per heavy atom. The van der Waals surface area contributed by atoms with E-state index in [-0.39, 0.29) is 5.60 Å². The molecule has 1 aromatic rings. The van der Waals surface area contributed by atoms with E-state index in [9.17, 15) is 5.11 Å². The van der Waals surface area contributed by atoms with Crippen molar-refractivity contribution in [3.63, 3.8) is 0 Å². The Hall–Kier alpha value is -0.870. The normalized spacial score (nSPS) is 28.3. The Balaban J connectivity index is 2.05. The summed E-state index contributed by atoms with van der Waals surface area (Å²) in [5, 5.41) is 15.3. The summed E-state index contributed by atoms with van der Waals surface area (Å²) in [6.45, 7) is 9.00. The first-order chi connectivity index (χ1) is 8.84. The molecule has 0 saturated carbocycles. The predicted octanol–water partition coefficient (Wildman–Crippen LogP) is 2.72. The number of rotatable bonds is 4. The highest BCUT2D eigenvalue weighted by molar-refractivity contribution is 5.06. The van der Waals surface area contributed by atoms with Crippen LogP contribution < -0.4 is 0 Å². The van der Waals surface area contributed by atoms with E-state index < -0.39 is 5.60 Å². The minimum Gasteiger partial charge on any atom is -0.389 e. The summed E-state index contributed by atoms with van der Waals surface area (Å²) < 4.78 is 7.66. The van der Waals surface area contributed by atoms with Crippen LogP contribution in [0.2, 0.25) is 0 Å². The fraction of sp³-hybridized carbons (Fsp3) is 0.800. The smallest absolute Gasteiger partial charge is 0.0752 e. The lowest BCUT2D eigenvalue weighted by Gasteiger charge is -2.41. The average Bonchev–Trinajstić information content (AvgIpc) is 2.73. The van der Waals surface area contributed by atoms with Crippen LogP contribution in [0.5, 0.6) is 0 Å². The molecule has 1 N–H and O–H groups in total. The van der Waals surface area contributed by atoms with Gasteiger partial charge in [-0.2, -0.15) is 5.10 Å². The first-order valence-corrected chi connectivity index (χ1v) is 7.24. The van der Waals surface area contributed by atoms with E-state index in [1.165, 1.54) is 0 Å². The third kappa shape index (κ3) is 3.57. The van der Waals surface area contributed by atoms with E-state index in [2.05, 4.69) is 18.9 Å². The molecule has 19 heavy (non-hydrogen) atoms. The Kier molecular flexibility index (Phi) is 4.02. The summed E-state index contributed by atoms with van der Waals surface area (Å²) in [5.41, 5.74) is 0.0448. The van der Waals surface area contributed by atoms with Crippen LogP contribution in [0, 0.1) is 0 Å². The van der Waals surface area contributed by atoms with Crippen LogP contribution in [0.1, 0.15) is 58.7 Å². The Bertz CT molecular complexity index is 428. The predicted molar refractivity (Wildman–Crippen MR) is 75.1 cm³/mol. The molecule has 0 bridgehead atoms. The third-order valence-corrected chi connectivity index (χ3v) is 4.03. The van der Waals surface area contributed by atoms with Gasteiger partial charge in [-0.3, -0.25) is 4.68 Å². The summed E-state index contributed by atoms with van der Waals surface area (Å²) in [6.07, 6.45) is 5.04. The van der Waals surface area contributed by atoms with Gasteiger partial charge in [-0.25, -0.2) is 0 Å². The molecule has 0 aromatic carbocycles. The Morgan fingerprint density at radius 1 is 1.53 bits per heavy atom. The lowest BCUT2D eigenvalue weighted by molar-refractivity contribution is -0.143. The molecular weight excluding hydrogens is 240 g/mol. The SMILES string of the molecule is CCC(C)n1ccc(CC2(O)CCOC(C)(C)C2)n1. The molecule has 4 heteroatoms. The van der Waals surface area contributed by atoms with E-state index in [0.29, 0.717) is 31.9 Å². The highest BCUT2D eigenvalue weighted by Crippen LogP contribution is 2.34. The largest absolute Gasteiger partial charge is 0.389 e. The molecule has 1 aliphatic rings. The van der Waals surface area contributed by atoms with Gasteiger partial charge in [0.1, 0.15) is 0 Å². The molecule has 0 spiro atoms. The van der Waals surface area contributed by atoms with E-state index in [4.69, 9.17) is 4.74 Å². The van der Waals surface area contributed by atoms with Crippen molar-refractivity contribution in [2.45, 2.75) is 70.6 Å². The number of ether oxygens (including phenoxy) is 1. The topological polar surface area (TPSA) is 47.3 Å². The van der Waals surface area contributed by atoms with Crippen molar-refractivity contribution >= 4 is 0 Å². The second kappa shape index (κ2) is 5.25. The molecule has 1 aliphatic heterocycles. The molecule has 1 saturated heterocycles. The summed E-state index contributed by atoms with van der Waals surface area (Å²) in [5.74, 6) is 0.